The molecule has 2 rings (SSSR count). The summed E-state index contributed by atoms with van der Waals surface area (Å²) in [5, 5.41) is 11.8. The number of halogens is 2. The second-order valence-corrected chi connectivity index (χ2v) is 4.67. The van der Waals surface area contributed by atoms with Gasteiger partial charge in [-0.1, -0.05) is 23.2 Å². The first-order valence-electron chi connectivity index (χ1n) is 4.22. The minimum Gasteiger partial charge on any atom is -0.476 e. The second kappa shape index (κ2) is 4.41. The van der Waals surface area contributed by atoms with Crippen molar-refractivity contribution < 1.29 is 9.90 Å². The Labute approximate surface area is 105 Å². The fourth-order valence-corrected chi connectivity index (χ4v) is 2.55. The Kier molecular flexibility index (Phi) is 3.14. The van der Waals surface area contributed by atoms with Crippen molar-refractivity contribution in [2.24, 2.45) is 0 Å². The van der Waals surface area contributed by atoms with Crippen LogP contribution in [0.3, 0.4) is 0 Å². The minimum atomic E-state index is -1.05. The number of carboxylic acid groups (broad SMARTS) is 1. The molecule has 0 bridgehead atoms. The molecule has 1 N–H and O–H groups in total. The van der Waals surface area contributed by atoms with Gasteiger partial charge in [-0.05, 0) is 18.2 Å². The molecule has 0 saturated heterocycles. The highest BCUT2D eigenvalue weighted by atomic mass is 35.5. The molecular weight excluding hydrogens is 269 g/mol. The van der Waals surface area contributed by atoms with E-state index < -0.39 is 5.97 Å². The molecule has 0 atom stereocenters. The highest BCUT2D eigenvalue weighted by molar-refractivity contribution is 7.13. The summed E-state index contributed by atoms with van der Waals surface area (Å²) in [7, 11) is 0. The molecule has 0 fully saturated rings. The van der Waals surface area contributed by atoms with Gasteiger partial charge < -0.3 is 5.11 Å². The molecule has 1 aromatic carbocycles. The van der Waals surface area contributed by atoms with Gasteiger partial charge in [-0.2, -0.15) is 0 Å². The van der Waals surface area contributed by atoms with E-state index in [0.717, 1.165) is 0 Å². The predicted octanol–water partition coefficient (Wildman–Crippen LogP) is 3.82. The van der Waals surface area contributed by atoms with Crippen LogP contribution in [0.5, 0.6) is 0 Å². The number of benzene rings is 1. The Hall–Kier alpha value is -1.10. The van der Waals surface area contributed by atoms with Gasteiger partial charge in [0, 0.05) is 16.0 Å². The van der Waals surface area contributed by atoms with E-state index in [1.807, 2.05) is 0 Å². The van der Waals surface area contributed by atoms with Crippen LogP contribution in [0.25, 0.3) is 10.6 Å². The van der Waals surface area contributed by atoms with Crippen LogP contribution in [-0.2, 0) is 0 Å². The third kappa shape index (κ3) is 2.19. The van der Waals surface area contributed by atoms with E-state index in [0.29, 0.717) is 20.6 Å². The standard InChI is InChI=1S/C10H5Cl2NO2S/c11-5-1-2-6(7(12)3-5)9-13-8(4-16-9)10(14)15/h1-4H,(H,14,15). The molecule has 0 aliphatic carbocycles. The van der Waals surface area contributed by atoms with Gasteiger partial charge in [0.25, 0.3) is 0 Å². The van der Waals surface area contributed by atoms with E-state index in [1.165, 1.54) is 16.7 Å². The highest BCUT2D eigenvalue weighted by Crippen LogP contribution is 2.32. The zero-order chi connectivity index (χ0) is 11.7. The molecule has 0 unspecified atom stereocenters. The number of nitrogens with zero attached hydrogens (tertiary/aromatic N) is 1. The summed E-state index contributed by atoms with van der Waals surface area (Å²) in [6, 6.07) is 5.00. The Balaban J connectivity index is 2.46. The van der Waals surface area contributed by atoms with Crippen LogP contribution in [0.15, 0.2) is 23.6 Å². The van der Waals surface area contributed by atoms with Gasteiger partial charge in [0.15, 0.2) is 5.69 Å². The van der Waals surface area contributed by atoms with Crippen molar-refractivity contribution in [3.8, 4) is 10.6 Å². The van der Waals surface area contributed by atoms with Gasteiger partial charge in [-0.15, -0.1) is 11.3 Å². The van der Waals surface area contributed by atoms with Crippen molar-refractivity contribution in [2.75, 3.05) is 0 Å². The average molecular weight is 274 g/mol. The molecule has 0 aliphatic rings. The van der Waals surface area contributed by atoms with Crippen LogP contribution in [0.1, 0.15) is 10.5 Å². The summed E-state index contributed by atoms with van der Waals surface area (Å²) in [5.41, 5.74) is 0.703. The summed E-state index contributed by atoms with van der Waals surface area (Å²) in [6.45, 7) is 0. The molecule has 6 heteroatoms. The maximum Gasteiger partial charge on any atom is 0.355 e. The van der Waals surface area contributed by atoms with E-state index in [2.05, 4.69) is 4.98 Å². The number of rotatable bonds is 2. The van der Waals surface area contributed by atoms with Crippen LogP contribution in [0.2, 0.25) is 10.0 Å². The van der Waals surface area contributed by atoms with Crippen molar-refractivity contribution >= 4 is 40.5 Å². The first-order chi connectivity index (χ1) is 7.58. The molecule has 0 radical (unpaired) electrons. The lowest BCUT2D eigenvalue weighted by Gasteiger charge is -1.99. The monoisotopic (exact) mass is 273 g/mol. The molecule has 0 saturated carbocycles. The van der Waals surface area contributed by atoms with Crippen LogP contribution in [-0.4, -0.2) is 16.1 Å². The summed E-state index contributed by atoms with van der Waals surface area (Å²) >= 11 is 13.0. The summed E-state index contributed by atoms with van der Waals surface area (Å²) in [4.78, 5) is 14.6. The maximum atomic E-state index is 10.7. The van der Waals surface area contributed by atoms with E-state index >= 15 is 0 Å². The summed E-state index contributed by atoms with van der Waals surface area (Å²) < 4.78 is 0. The smallest absolute Gasteiger partial charge is 0.355 e. The Morgan fingerprint density at radius 3 is 2.69 bits per heavy atom. The lowest BCUT2D eigenvalue weighted by Crippen LogP contribution is -1.95. The zero-order valence-corrected chi connectivity index (χ0v) is 10.1. The third-order valence-corrected chi connectivity index (χ3v) is 3.31. The van der Waals surface area contributed by atoms with Crippen molar-refractivity contribution in [1.29, 1.82) is 0 Å². The van der Waals surface area contributed by atoms with Crippen LogP contribution in [0.4, 0.5) is 0 Å². The number of carboxylic acids is 1. The quantitative estimate of drug-likeness (QED) is 0.905. The van der Waals surface area contributed by atoms with Crippen molar-refractivity contribution in [1.82, 2.24) is 4.98 Å². The zero-order valence-electron chi connectivity index (χ0n) is 7.78. The topological polar surface area (TPSA) is 50.2 Å². The second-order valence-electron chi connectivity index (χ2n) is 2.97. The van der Waals surface area contributed by atoms with E-state index in [9.17, 15) is 4.79 Å². The first-order valence-corrected chi connectivity index (χ1v) is 5.86. The fourth-order valence-electron chi connectivity index (χ4n) is 1.16. The fraction of sp³-hybridized carbons (Fsp3) is 0. The molecule has 0 spiro atoms. The molecule has 0 amide bonds. The molecule has 2 aromatic rings. The van der Waals surface area contributed by atoms with Gasteiger partial charge in [0.05, 0.1) is 5.02 Å². The number of hydrogen-bond donors (Lipinski definition) is 1. The van der Waals surface area contributed by atoms with E-state index in [-0.39, 0.29) is 5.69 Å². The maximum absolute atomic E-state index is 10.7. The number of carbonyl (C=O) groups is 1. The predicted molar refractivity (Wildman–Crippen MR) is 64.5 cm³/mol. The van der Waals surface area contributed by atoms with Crippen LogP contribution >= 0.6 is 34.5 Å². The van der Waals surface area contributed by atoms with Gasteiger partial charge in [-0.3, -0.25) is 0 Å². The normalized spacial score (nSPS) is 10.4. The van der Waals surface area contributed by atoms with E-state index in [1.54, 1.807) is 18.2 Å². The van der Waals surface area contributed by atoms with Crippen molar-refractivity contribution in [2.45, 2.75) is 0 Å². The summed E-state index contributed by atoms with van der Waals surface area (Å²) in [6.07, 6.45) is 0. The summed E-state index contributed by atoms with van der Waals surface area (Å²) in [5.74, 6) is -1.05. The molecule has 82 valence electrons. The minimum absolute atomic E-state index is 0.0195. The Bertz CT molecular complexity index is 554. The van der Waals surface area contributed by atoms with Crippen molar-refractivity contribution in [3.63, 3.8) is 0 Å². The third-order valence-electron chi connectivity index (χ3n) is 1.88. The van der Waals surface area contributed by atoms with Crippen LogP contribution < -0.4 is 0 Å². The molecular formula is C10H5Cl2NO2S. The number of aromatic nitrogens is 1. The van der Waals surface area contributed by atoms with Gasteiger partial charge >= 0.3 is 5.97 Å². The molecule has 1 aromatic heterocycles. The molecule has 16 heavy (non-hydrogen) atoms. The van der Waals surface area contributed by atoms with Gasteiger partial charge in [0.1, 0.15) is 5.01 Å². The number of hydrogen-bond acceptors (Lipinski definition) is 3. The van der Waals surface area contributed by atoms with Gasteiger partial charge in [-0.25, -0.2) is 9.78 Å². The highest BCUT2D eigenvalue weighted by Gasteiger charge is 2.12. The van der Waals surface area contributed by atoms with Gasteiger partial charge in [0.2, 0.25) is 0 Å². The average Bonchev–Trinajstić information content (AvgIpc) is 2.66. The largest absolute Gasteiger partial charge is 0.476 e. The van der Waals surface area contributed by atoms with E-state index in [4.69, 9.17) is 28.3 Å². The van der Waals surface area contributed by atoms with Crippen LogP contribution in [0, 0.1) is 0 Å². The Morgan fingerprint density at radius 1 is 1.38 bits per heavy atom. The first kappa shape index (κ1) is 11.4. The SMILES string of the molecule is O=C(O)c1csc(-c2ccc(Cl)cc2Cl)n1. The Morgan fingerprint density at radius 2 is 2.12 bits per heavy atom. The number of thiazole rings is 1. The number of aromatic carboxylic acids is 1. The molecule has 1 heterocycles. The lowest BCUT2D eigenvalue weighted by atomic mass is 10.2. The molecule has 3 nitrogen and oxygen atoms in total. The van der Waals surface area contributed by atoms with Crippen molar-refractivity contribution in [3.05, 3.63) is 39.3 Å². The lowest BCUT2D eigenvalue weighted by molar-refractivity contribution is 0.0691. The molecule has 0 aliphatic heterocycles.